The lowest BCUT2D eigenvalue weighted by Gasteiger charge is -2.27. The normalized spacial score (nSPS) is 23.1. The van der Waals surface area contributed by atoms with Gasteiger partial charge in [-0.3, -0.25) is 0 Å². The Morgan fingerprint density at radius 2 is 1.95 bits per heavy atom. The fourth-order valence-corrected chi connectivity index (χ4v) is 2.60. The molecule has 2 nitrogen and oxygen atoms in total. The van der Waals surface area contributed by atoms with Crippen molar-refractivity contribution in [3.05, 3.63) is 59.7 Å². The summed E-state index contributed by atoms with van der Waals surface area (Å²) in [7, 11) is 1.40. The van der Waals surface area contributed by atoms with Crippen LogP contribution in [0, 0.1) is 5.92 Å². The zero-order chi connectivity index (χ0) is 13.8. The Kier molecular flexibility index (Phi) is 4.20. The van der Waals surface area contributed by atoms with E-state index in [2.05, 4.69) is 55.0 Å². The fraction of sp³-hybridized carbons (Fsp3) is 0.353. The van der Waals surface area contributed by atoms with E-state index < -0.39 is 0 Å². The van der Waals surface area contributed by atoms with Gasteiger partial charge >= 0.3 is 5.97 Å². The lowest BCUT2D eigenvalue weighted by Crippen LogP contribution is -2.13. The first-order chi connectivity index (χ1) is 9.13. The molecule has 0 unspecified atom stereocenters. The molecule has 0 saturated heterocycles. The molecule has 0 bridgehead atoms. The summed E-state index contributed by atoms with van der Waals surface area (Å²) in [5, 5.41) is 0. The molecule has 3 atom stereocenters. The van der Waals surface area contributed by atoms with Crippen LogP contribution in [0.3, 0.4) is 0 Å². The highest BCUT2D eigenvalue weighted by Crippen LogP contribution is 2.37. The van der Waals surface area contributed by atoms with Crippen LogP contribution in [0.4, 0.5) is 0 Å². The standard InChI is InChI=1S/C17H20O2/c1-12-8-10-15(13(2)9-11-17(18)19-3)16-7-5-4-6-14(12)16/h4-13,15H,1-3H3/b11-9+/t12-,13-,15+/m0/s1. The van der Waals surface area contributed by atoms with E-state index in [0.717, 1.165) is 0 Å². The molecule has 2 rings (SSSR count). The number of carbonyl (C=O) groups excluding carboxylic acids is 1. The van der Waals surface area contributed by atoms with Crippen molar-refractivity contribution in [1.29, 1.82) is 0 Å². The van der Waals surface area contributed by atoms with Gasteiger partial charge in [0.15, 0.2) is 0 Å². The summed E-state index contributed by atoms with van der Waals surface area (Å²) in [6, 6.07) is 8.53. The Morgan fingerprint density at radius 3 is 2.63 bits per heavy atom. The highest BCUT2D eigenvalue weighted by Gasteiger charge is 2.23. The van der Waals surface area contributed by atoms with Crippen molar-refractivity contribution in [2.45, 2.75) is 25.7 Å². The number of esters is 1. The van der Waals surface area contributed by atoms with Gasteiger partial charge < -0.3 is 4.74 Å². The van der Waals surface area contributed by atoms with Crippen molar-refractivity contribution in [3.8, 4) is 0 Å². The Hall–Kier alpha value is -1.83. The summed E-state index contributed by atoms with van der Waals surface area (Å²) in [5.41, 5.74) is 2.74. The number of hydrogen-bond donors (Lipinski definition) is 0. The number of carbonyl (C=O) groups is 1. The first kappa shape index (κ1) is 13.6. The van der Waals surface area contributed by atoms with Gasteiger partial charge in [0.25, 0.3) is 0 Å². The van der Waals surface area contributed by atoms with E-state index in [1.807, 2.05) is 6.08 Å². The topological polar surface area (TPSA) is 26.3 Å². The van der Waals surface area contributed by atoms with Crippen molar-refractivity contribution in [1.82, 2.24) is 0 Å². The summed E-state index contributed by atoms with van der Waals surface area (Å²) in [5.74, 6) is 0.759. The number of allylic oxidation sites excluding steroid dienone is 3. The van der Waals surface area contributed by atoms with E-state index in [9.17, 15) is 4.79 Å². The Bertz CT molecular complexity index is 514. The molecule has 0 aromatic heterocycles. The lowest BCUT2D eigenvalue weighted by atomic mass is 9.77. The van der Waals surface area contributed by atoms with Gasteiger partial charge in [-0.25, -0.2) is 4.79 Å². The molecule has 0 N–H and O–H groups in total. The molecule has 1 aliphatic carbocycles. The molecule has 0 aliphatic heterocycles. The molecule has 0 saturated carbocycles. The van der Waals surface area contributed by atoms with Crippen LogP contribution in [-0.2, 0) is 9.53 Å². The molecular weight excluding hydrogens is 236 g/mol. The predicted molar refractivity (Wildman–Crippen MR) is 77.1 cm³/mol. The summed E-state index contributed by atoms with van der Waals surface area (Å²) in [4.78, 5) is 11.2. The third-order valence-electron chi connectivity index (χ3n) is 3.76. The zero-order valence-electron chi connectivity index (χ0n) is 11.7. The smallest absolute Gasteiger partial charge is 0.330 e. The van der Waals surface area contributed by atoms with Crippen molar-refractivity contribution < 1.29 is 9.53 Å². The third-order valence-corrected chi connectivity index (χ3v) is 3.76. The van der Waals surface area contributed by atoms with Crippen molar-refractivity contribution >= 4 is 5.97 Å². The molecule has 100 valence electrons. The number of ether oxygens (including phenoxy) is 1. The van der Waals surface area contributed by atoms with Gasteiger partial charge in [-0.15, -0.1) is 0 Å². The van der Waals surface area contributed by atoms with E-state index in [1.165, 1.54) is 24.3 Å². The minimum atomic E-state index is -0.298. The largest absolute Gasteiger partial charge is 0.466 e. The van der Waals surface area contributed by atoms with Crippen LogP contribution in [0.15, 0.2) is 48.6 Å². The van der Waals surface area contributed by atoms with Gasteiger partial charge in [0.1, 0.15) is 0 Å². The van der Waals surface area contributed by atoms with E-state index in [4.69, 9.17) is 0 Å². The van der Waals surface area contributed by atoms with E-state index in [0.29, 0.717) is 11.8 Å². The molecule has 1 aromatic rings. The molecule has 0 fully saturated rings. The predicted octanol–water partition coefficient (Wildman–Crippen LogP) is 3.81. The Morgan fingerprint density at radius 1 is 1.26 bits per heavy atom. The van der Waals surface area contributed by atoms with Gasteiger partial charge in [0.2, 0.25) is 0 Å². The summed E-state index contributed by atoms with van der Waals surface area (Å²) in [6.07, 6.45) is 7.93. The zero-order valence-corrected chi connectivity index (χ0v) is 11.7. The average Bonchev–Trinajstić information content (AvgIpc) is 2.45. The quantitative estimate of drug-likeness (QED) is 0.467. The first-order valence-electron chi connectivity index (χ1n) is 6.66. The van der Waals surface area contributed by atoms with Crippen LogP contribution in [-0.4, -0.2) is 13.1 Å². The maximum absolute atomic E-state index is 11.2. The van der Waals surface area contributed by atoms with Gasteiger partial charge in [0.05, 0.1) is 7.11 Å². The SMILES string of the molecule is COC(=O)/C=C/[C@H](C)[C@H]1C=C[C@H](C)c2ccccc21. The number of fused-ring (bicyclic) bond motifs is 1. The third kappa shape index (κ3) is 2.95. The van der Waals surface area contributed by atoms with Crippen molar-refractivity contribution in [2.24, 2.45) is 5.92 Å². The molecule has 0 heterocycles. The van der Waals surface area contributed by atoms with Gasteiger partial charge in [-0.1, -0.05) is 56.3 Å². The van der Waals surface area contributed by atoms with Crippen LogP contribution >= 0.6 is 0 Å². The highest BCUT2D eigenvalue weighted by atomic mass is 16.5. The second-order valence-corrected chi connectivity index (χ2v) is 5.07. The minimum Gasteiger partial charge on any atom is -0.466 e. The molecule has 19 heavy (non-hydrogen) atoms. The molecule has 0 radical (unpaired) electrons. The van der Waals surface area contributed by atoms with Gasteiger partial charge in [-0.2, -0.15) is 0 Å². The Labute approximate surface area is 114 Å². The molecule has 1 aromatic carbocycles. The van der Waals surface area contributed by atoms with Crippen LogP contribution in [0.5, 0.6) is 0 Å². The van der Waals surface area contributed by atoms with Gasteiger partial charge in [-0.05, 0) is 23.0 Å². The van der Waals surface area contributed by atoms with Crippen LogP contribution in [0.25, 0.3) is 0 Å². The number of rotatable bonds is 3. The second kappa shape index (κ2) is 5.87. The highest BCUT2D eigenvalue weighted by molar-refractivity contribution is 5.81. The molecule has 0 amide bonds. The fourth-order valence-electron chi connectivity index (χ4n) is 2.60. The second-order valence-electron chi connectivity index (χ2n) is 5.07. The number of hydrogen-bond acceptors (Lipinski definition) is 2. The lowest BCUT2D eigenvalue weighted by molar-refractivity contribution is -0.134. The van der Waals surface area contributed by atoms with Crippen molar-refractivity contribution in [3.63, 3.8) is 0 Å². The molecule has 1 aliphatic rings. The summed E-state index contributed by atoms with van der Waals surface area (Å²) < 4.78 is 4.63. The molecule has 2 heteroatoms. The van der Waals surface area contributed by atoms with Crippen LogP contribution < -0.4 is 0 Å². The van der Waals surface area contributed by atoms with Crippen molar-refractivity contribution in [2.75, 3.05) is 7.11 Å². The molecular formula is C17H20O2. The number of methoxy groups -OCH3 is 1. The Balaban J connectivity index is 2.24. The summed E-state index contributed by atoms with van der Waals surface area (Å²) >= 11 is 0. The molecule has 0 spiro atoms. The maximum atomic E-state index is 11.2. The van der Waals surface area contributed by atoms with E-state index in [1.54, 1.807) is 0 Å². The van der Waals surface area contributed by atoms with Gasteiger partial charge in [0, 0.05) is 12.0 Å². The minimum absolute atomic E-state index is 0.268. The van der Waals surface area contributed by atoms with Crippen LogP contribution in [0.1, 0.15) is 36.8 Å². The van der Waals surface area contributed by atoms with E-state index in [-0.39, 0.29) is 11.9 Å². The van der Waals surface area contributed by atoms with E-state index >= 15 is 0 Å². The van der Waals surface area contributed by atoms with Crippen LogP contribution in [0.2, 0.25) is 0 Å². The average molecular weight is 256 g/mol. The summed E-state index contributed by atoms with van der Waals surface area (Å²) in [6.45, 7) is 4.34. The first-order valence-corrected chi connectivity index (χ1v) is 6.66. The monoisotopic (exact) mass is 256 g/mol. The number of benzene rings is 1. The maximum Gasteiger partial charge on any atom is 0.330 e.